The second-order valence-corrected chi connectivity index (χ2v) is 5.21. The zero-order valence-electron chi connectivity index (χ0n) is 10.9. The molecular weight excluding hydrogens is 286 g/mol. The molecule has 2 heteroatoms. The van der Waals surface area contributed by atoms with Crippen LogP contribution in [0.4, 0.5) is 0 Å². The van der Waals surface area contributed by atoms with Crippen LogP contribution in [0.15, 0.2) is 65.7 Å². The minimum atomic E-state index is 0.909. The third-order valence-corrected chi connectivity index (χ3v) is 3.27. The molecule has 0 aromatic heterocycles. The van der Waals surface area contributed by atoms with Gasteiger partial charge in [-0.25, -0.2) is 0 Å². The second kappa shape index (κ2) is 8.06. The van der Waals surface area contributed by atoms with Crippen molar-refractivity contribution >= 4 is 15.9 Å². The van der Waals surface area contributed by atoms with Crippen molar-refractivity contribution < 1.29 is 0 Å². The van der Waals surface area contributed by atoms with Crippen molar-refractivity contribution in [1.29, 1.82) is 0 Å². The highest BCUT2D eigenvalue weighted by Gasteiger charge is 2.01. The van der Waals surface area contributed by atoms with E-state index in [4.69, 9.17) is 0 Å². The van der Waals surface area contributed by atoms with Crippen molar-refractivity contribution in [3.05, 3.63) is 71.3 Å². The van der Waals surface area contributed by atoms with Gasteiger partial charge in [0, 0.05) is 17.6 Å². The van der Waals surface area contributed by atoms with Crippen LogP contribution in [0.3, 0.4) is 0 Å². The van der Waals surface area contributed by atoms with E-state index in [-0.39, 0.29) is 0 Å². The maximum Gasteiger partial charge on any atom is 0.0230 e. The average molecular weight is 306 g/mol. The summed E-state index contributed by atoms with van der Waals surface area (Å²) < 4.78 is 1.13. The molecule has 18 heavy (non-hydrogen) atoms. The number of halogens is 1. The molecule has 0 aliphatic carbocycles. The largest absolute Gasteiger partial charge is 0.302 e. The van der Waals surface area contributed by atoms with E-state index in [1.54, 1.807) is 6.08 Å². The van der Waals surface area contributed by atoms with Crippen molar-refractivity contribution in [2.24, 2.45) is 0 Å². The summed E-state index contributed by atoms with van der Waals surface area (Å²) in [5.41, 5.74) is 2.56. The molecule has 0 amide bonds. The maximum absolute atomic E-state index is 3.81. The molecule has 0 aliphatic rings. The van der Waals surface area contributed by atoms with Gasteiger partial charge in [0.05, 0.1) is 0 Å². The Morgan fingerprint density at radius 2 is 1.94 bits per heavy atom. The minimum Gasteiger partial charge on any atom is -0.302 e. The van der Waals surface area contributed by atoms with Crippen molar-refractivity contribution in [3.8, 4) is 0 Å². The van der Waals surface area contributed by atoms with Crippen molar-refractivity contribution in [2.45, 2.75) is 6.42 Å². The van der Waals surface area contributed by atoms with Gasteiger partial charge in [0.1, 0.15) is 0 Å². The molecule has 0 aliphatic heterocycles. The molecule has 1 rings (SSSR count). The zero-order valence-corrected chi connectivity index (χ0v) is 12.5. The van der Waals surface area contributed by atoms with Gasteiger partial charge in [-0.2, -0.15) is 0 Å². The molecule has 0 atom stereocenters. The van der Waals surface area contributed by atoms with Crippen LogP contribution >= 0.6 is 15.9 Å². The zero-order chi connectivity index (χ0) is 13.4. The van der Waals surface area contributed by atoms with Gasteiger partial charge < -0.3 is 4.90 Å². The number of hydrogen-bond donors (Lipinski definition) is 0. The van der Waals surface area contributed by atoms with E-state index in [2.05, 4.69) is 65.3 Å². The Balaban J connectivity index is 2.43. The van der Waals surface area contributed by atoms with E-state index in [0.29, 0.717) is 0 Å². The first-order valence-electron chi connectivity index (χ1n) is 6.02. The van der Waals surface area contributed by atoms with E-state index in [9.17, 15) is 0 Å². The van der Waals surface area contributed by atoms with Crippen LogP contribution in [-0.4, -0.2) is 25.0 Å². The Bertz CT molecular complexity index is 417. The van der Waals surface area contributed by atoms with Gasteiger partial charge >= 0.3 is 0 Å². The molecule has 1 aromatic rings. The monoisotopic (exact) mass is 305 g/mol. The molecule has 0 radical (unpaired) electrons. The fourth-order valence-corrected chi connectivity index (χ4v) is 1.96. The van der Waals surface area contributed by atoms with Crippen LogP contribution in [0.2, 0.25) is 0 Å². The summed E-state index contributed by atoms with van der Waals surface area (Å²) in [6.07, 6.45) is 6.75. The highest BCUT2D eigenvalue weighted by Crippen LogP contribution is 2.11. The van der Waals surface area contributed by atoms with Gasteiger partial charge in [-0.05, 0) is 36.7 Å². The van der Waals surface area contributed by atoms with Crippen LogP contribution in [0.1, 0.15) is 5.56 Å². The van der Waals surface area contributed by atoms with Crippen LogP contribution in [-0.2, 0) is 6.42 Å². The summed E-state index contributed by atoms with van der Waals surface area (Å²) in [4.78, 5) is 2.29. The normalized spacial score (nSPS) is 11.6. The third kappa shape index (κ3) is 5.48. The Kier molecular flexibility index (Phi) is 6.69. The Morgan fingerprint density at radius 1 is 1.28 bits per heavy atom. The summed E-state index contributed by atoms with van der Waals surface area (Å²) in [5, 5.41) is 0. The van der Waals surface area contributed by atoms with Gasteiger partial charge in [-0.15, -0.1) is 0 Å². The predicted molar refractivity (Wildman–Crippen MR) is 83.8 cm³/mol. The number of benzene rings is 1. The van der Waals surface area contributed by atoms with Crippen molar-refractivity contribution in [3.63, 3.8) is 0 Å². The summed E-state index contributed by atoms with van der Waals surface area (Å²) >= 11 is 3.45. The van der Waals surface area contributed by atoms with E-state index < -0.39 is 0 Å². The van der Waals surface area contributed by atoms with Gasteiger partial charge in [0.15, 0.2) is 0 Å². The van der Waals surface area contributed by atoms with Crippen LogP contribution in [0.25, 0.3) is 0 Å². The fourth-order valence-electron chi connectivity index (χ4n) is 1.70. The van der Waals surface area contributed by atoms with Gasteiger partial charge in [0.2, 0.25) is 0 Å². The summed E-state index contributed by atoms with van der Waals surface area (Å²) in [5.74, 6) is 0. The first-order chi connectivity index (χ1) is 8.65. The van der Waals surface area contributed by atoms with E-state index in [0.717, 1.165) is 24.0 Å². The molecule has 0 spiro atoms. The first kappa shape index (κ1) is 14.9. The lowest BCUT2D eigenvalue weighted by Crippen LogP contribution is -2.23. The number of allylic oxidation sites excluding steroid dienone is 2. The number of nitrogens with zero attached hydrogens (tertiary/aromatic N) is 1. The lowest BCUT2D eigenvalue weighted by molar-refractivity contribution is 0.369. The van der Waals surface area contributed by atoms with Crippen LogP contribution in [0, 0.1) is 0 Å². The number of rotatable bonds is 7. The van der Waals surface area contributed by atoms with E-state index in [1.165, 1.54) is 11.1 Å². The Labute approximate surface area is 119 Å². The van der Waals surface area contributed by atoms with Crippen LogP contribution in [0.5, 0.6) is 0 Å². The third-order valence-electron chi connectivity index (χ3n) is 2.74. The SMILES string of the molecule is C=C/C=C(\C=C)CN(C)CCc1ccc(Br)cc1. The molecule has 0 bridgehead atoms. The molecule has 96 valence electrons. The molecule has 0 heterocycles. The van der Waals surface area contributed by atoms with Gasteiger partial charge in [0.25, 0.3) is 0 Å². The number of likely N-dealkylation sites (N-methyl/N-ethyl adjacent to an activating group) is 1. The van der Waals surface area contributed by atoms with Gasteiger partial charge in [-0.1, -0.05) is 59.4 Å². The molecular formula is C16H20BrN. The maximum atomic E-state index is 3.81. The summed E-state index contributed by atoms with van der Waals surface area (Å²) in [6.45, 7) is 9.46. The van der Waals surface area contributed by atoms with Crippen LogP contribution < -0.4 is 0 Å². The average Bonchev–Trinajstić information content (AvgIpc) is 2.37. The highest BCUT2D eigenvalue weighted by molar-refractivity contribution is 9.10. The topological polar surface area (TPSA) is 3.24 Å². The fraction of sp³-hybridized carbons (Fsp3) is 0.250. The minimum absolute atomic E-state index is 0.909. The quantitative estimate of drug-likeness (QED) is 0.682. The molecule has 0 saturated carbocycles. The Hall–Kier alpha value is -1.12. The summed E-state index contributed by atoms with van der Waals surface area (Å²) in [6, 6.07) is 8.49. The highest BCUT2D eigenvalue weighted by atomic mass is 79.9. The Morgan fingerprint density at radius 3 is 2.50 bits per heavy atom. The molecule has 0 unspecified atom stereocenters. The van der Waals surface area contributed by atoms with Gasteiger partial charge in [-0.3, -0.25) is 0 Å². The summed E-state index contributed by atoms with van der Waals surface area (Å²) in [7, 11) is 2.12. The van der Waals surface area contributed by atoms with E-state index >= 15 is 0 Å². The standard InChI is InChI=1S/C16H20BrN/c1-4-6-14(5-2)13-18(3)12-11-15-7-9-16(17)10-8-15/h4-10H,1-2,11-13H2,3H3/b14-6+. The molecule has 1 nitrogen and oxygen atoms in total. The smallest absolute Gasteiger partial charge is 0.0230 e. The predicted octanol–water partition coefficient (Wildman–Crippen LogP) is 4.22. The lowest BCUT2D eigenvalue weighted by atomic mass is 10.1. The van der Waals surface area contributed by atoms with Crippen molar-refractivity contribution in [1.82, 2.24) is 4.90 Å². The molecule has 1 aromatic carbocycles. The first-order valence-corrected chi connectivity index (χ1v) is 6.82. The lowest BCUT2D eigenvalue weighted by Gasteiger charge is -2.17. The number of hydrogen-bond acceptors (Lipinski definition) is 1. The van der Waals surface area contributed by atoms with Crippen molar-refractivity contribution in [2.75, 3.05) is 20.1 Å². The molecule has 0 N–H and O–H groups in total. The molecule has 0 fully saturated rings. The second-order valence-electron chi connectivity index (χ2n) is 4.30. The van der Waals surface area contributed by atoms with E-state index in [1.807, 2.05) is 12.2 Å². The molecule has 0 saturated heterocycles.